The van der Waals surface area contributed by atoms with Crippen molar-refractivity contribution < 1.29 is 4.74 Å². The fourth-order valence-electron chi connectivity index (χ4n) is 2.01. The lowest BCUT2D eigenvalue weighted by atomic mass is 9.98. The van der Waals surface area contributed by atoms with E-state index in [-0.39, 0.29) is 0 Å². The summed E-state index contributed by atoms with van der Waals surface area (Å²) in [4.78, 5) is 0. The molecule has 16 heavy (non-hydrogen) atoms. The van der Waals surface area contributed by atoms with Crippen molar-refractivity contribution >= 4 is 0 Å². The first kappa shape index (κ1) is 13.9. The summed E-state index contributed by atoms with van der Waals surface area (Å²) in [6.45, 7) is 10.9. The van der Waals surface area contributed by atoms with E-state index in [0.717, 1.165) is 32.1 Å². The predicted molar refractivity (Wildman–Crippen MR) is 68.7 cm³/mol. The number of rotatable bonds is 8. The van der Waals surface area contributed by atoms with Crippen molar-refractivity contribution in [2.24, 2.45) is 11.8 Å². The second-order valence-electron chi connectivity index (χ2n) is 5.22. The molecule has 0 aromatic heterocycles. The standard InChI is InChI=1S/C13H28N2O/c1-12(2)11-16-9-3-6-15-10-13-4-7-14-8-5-13/h12-15H,3-11H2,1-2H3. The van der Waals surface area contributed by atoms with E-state index in [0.29, 0.717) is 5.92 Å². The summed E-state index contributed by atoms with van der Waals surface area (Å²) < 4.78 is 5.54. The van der Waals surface area contributed by atoms with Gasteiger partial charge in [0, 0.05) is 13.2 Å². The third-order valence-electron chi connectivity index (χ3n) is 2.99. The van der Waals surface area contributed by atoms with E-state index >= 15 is 0 Å². The van der Waals surface area contributed by atoms with Gasteiger partial charge in [0.2, 0.25) is 0 Å². The summed E-state index contributed by atoms with van der Waals surface area (Å²) in [5.74, 6) is 1.54. The van der Waals surface area contributed by atoms with Gasteiger partial charge in [-0.15, -0.1) is 0 Å². The lowest BCUT2D eigenvalue weighted by Crippen LogP contribution is -2.34. The second kappa shape index (κ2) is 8.97. The Morgan fingerprint density at radius 3 is 2.75 bits per heavy atom. The topological polar surface area (TPSA) is 33.3 Å². The molecule has 3 heteroatoms. The summed E-state index contributed by atoms with van der Waals surface area (Å²) in [6.07, 6.45) is 3.80. The Labute approximate surface area is 100 Å². The fraction of sp³-hybridized carbons (Fsp3) is 1.00. The smallest absolute Gasteiger partial charge is 0.0489 e. The zero-order valence-electron chi connectivity index (χ0n) is 10.9. The minimum absolute atomic E-state index is 0.655. The van der Waals surface area contributed by atoms with Gasteiger partial charge in [0.25, 0.3) is 0 Å². The molecule has 0 aliphatic carbocycles. The highest BCUT2D eigenvalue weighted by Crippen LogP contribution is 2.09. The van der Waals surface area contributed by atoms with Gasteiger partial charge in [-0.05, 0) is 57.3 Å². The third-order valence-corrected chi connectivity index (χ3v) is 2.99. The Kier molecular flexibility index (Phi) is 7.81. The molecule has 0 atom stereocenters. The van der Waals surface area contributed by atoms with Crippen LogP contribution in [0.2, 0.25) is 0 Å². The monoisotopic (exact) mass is 228 g/mol. The van der Waals surface area contributed by atoms with Gasteiger partial charge >= 0.3 is 0 Å². The van der Waals surface area contributed by atoms with E-state index in [1.807, 2.05) is 0 Å². The molecule has 1 heterocycles. The number of hydrogen-bond donors (Lipinski definition) is 2. The molecular weight excluding hydrogens is 200 g/mol. The predicted octanol–water partition coefficient (Wildman–Crippen LogP) is 1.64. The van der Waals surface area contributed by atoms with Crippen molar-refractivity contribution in [1.29, 1.82) is 0 Å². The number of piperidine rings is 1. The Morgan fingerprint density at radius 2 is 2.06 bits per heavy atom. The molecule has 0 radical (unpaired) electrons. The maximum atomic E-state index is 5.54. The Hall–Kier alpha value is -0.120. The van der Waals surface area contributed by atoms with E-state index in [1.165, 1.54) is 32.5 Å². The zero-order valence-corrected chi connectivity index (χ0v) is 10.9. The quantitative estimate of drug-likeness (QED) is 0.620. The number of ether oxygens (including phenoxy) is 1. The van der Waals surface area contributed by atoms with Crippen LogP contribution in [-0.2, 0) is 4.74 Å². The number of nitrogens with one attached hydrogen (secondary N) is 2. The highest BCUT2D eigenvalue weighted by atomic mass is 16.5. The minimum atomic E-state index is 0.655. The third kappa shape index (κ3) is 7.20. The number of hydrogen-bond acceptors (Lipinski definition) is 3. The van der Waals surface area contributed by atoms with E-state index in [1.54, 1.807) is 0 Å². The molecule has 1 fully saturated rings. The Bertz CT molecular complexity index is 156. The molecule has 96 valence electrons. The van der Waals surface area contributed by atoms with Crippen LogP contribution in [0.1, 0.15) is 33.1 Å². The van der Waals surface area contributed by atoms with E-state index in [2.05, 4.69) is 24.5 Å². The maximum absolute atomic E-state index is 5.54. The lowest BCUT2D eigenvalue weighted by Gasteiger charge is -2.22. The molecule has 0 amide bonds. The molecule has 2 N–H and O–H groups in total. The van der Waals surface area contributed by atoms with Crippen molar-refractivity contribution in [3.63, 3.8) is 0 Å². The van der Waals surface area contributed by atoms with Crippen LogP contribution >= 0.6 is 0 Å². The molecule has 1 aliphatic heterocycles. The molecule has 0 unspecified atom stereocenters. The van der Waals surface area contributed by atoms with Gasteiger partial charge in [0.1, 0.15) is 0 Å². The molecule has 3 nitrogen and oxygen atoms in total. The molecular formula is C13H28N2O. The van der Waals surface area contributed by atoms with Crippen LogP contribution in [-0.4, -0.2) is 39.4 Å². The zero-order chi connectivity index (χ0) is 11.6. The van der Waals surface area contributed by atoms with E-state index in [4.69, 9.17) is 4.74 Å². The average molecular weight is 228 g/mol. The van der Waals surface area contributed by atoms with E-state index in [9.17, 15) is 0 Å². The van der Waals surface area contributed by atoms with Crippen molar-refractivity contribution in [2.75, 3.05) is 39.4 Å². The molecule has 0 aromatic rings. The summed E-state index contributed by atoms with van der Waals surface area (Å²) in [7, 11) is 0. The summed E-state index contributed by atoms with van der Waals surface area (Å²) in [6, 6.07) is 0. The Balaban J connectivity index is 1.80. The van der Waals surface area contributed by atoms with Gasteiger partial charge in [0.05, 0.1) is 0 Å². The van der Waals surface area contributed by atoms with Crippen LogP contribution in [0.3, 0.4) is 0 Å². The SMILES string of the molecule is CC(C)COCCCNCC1CCNCC1. The first-order valence-electron chi connectivity index (χ1n) is 6.78. The van der Waals surface area contributed by atoms with Crippen LogP contribution in [0.25, 0.3) is 0 Å². The van der Waals surface area contributed by atoms with Gasteiger partial charge in [-0.3, -0.25) is 0 Å². The molecule has 0 bridgehead atoms. The summed E-state index contributed by atoms with van der Waals surface area (Å²) in [5, 5.41) is 6.93. The van der Waals surface area contributed by atoms with Gasteiger partial charge < -0.3 is 15.4 Å². The summed E-state index contributed by atoms with van der Waals surface area (Å²) >= 11 is 0. The largest absolute Gasteiger partial charge is 0.381 e. The van der Waals surface area contributed by atoms with Gasteiger partial charge in [-0.25, -0.2) is 0 Å². The molecule has 0 saturated carbocycles. The Morgan fingerprint density at radius 1 is 1.31 bits per heavy atom. The van der Waals surface area contributed by atoms with Gasteiger partial charge in [-0.2, -0.15) is 0 Å². The lowest BCUT2D eigenvalue weighted by molar-refractivity contribution is 0.107. The minimum Gasteiger partial charge on any atom is -0.381 e. The van der Waals surface area contributed by atoms with Gasteiger partial charge in [-0.1, -0.05) is 13.8 Å². The fourth-order valence-corrected chi connectivity index (χ4v) is 2.01. The summed E-state index contributed by atoms with van der Waals surface area (Å²) in [5.41, 5.74) is 0. The normalized spacial score (nSPS) is 18.2. The van der Waals surface area contributed by atoms with Crippen LogP contribution < -0.4 is 10.6 Å². The molecule has 1 aliphatic rings. The van der Waals surface area contributed by atoms with E-state index < -0.39 is 0 Å². The van der Waals surface area contributed by atoms with Crippen molar-refractivity contribution in [2.45, 2.75) is 33.1 Å². The first-order chi connectivity index (χ1) is 7.79. The first-order valence-corrected chi connectivity index (χ1v) is 6.78. The van der Waals surface area contributed by atoms with Crippen LogP contribution in [0.4, 0.5) is 0 Å². The molecule has 1 rings (SSSR count). The van der Waals surface area contributed by atoms with Crippen LogP contribution in [0.15, 0.2) is 0 Å². The van der Waals surface area contributed by atoms with Gasteiger partial charge in [0.15, 0.2) is 0 Å². The van der Waals surface area contributed by atoms with Crippen molar-refractivity contribution in [3.05, 3.63) is 0 Å². The van der Waals surface area contributed by atoms with Crippen LogP contribution in [0.5, 0.6) is 0 Å². The van der Waals surface area contributed by atoms with Crippen LogP contribution in [0, 0.1) is 11.8 Å². The molecule has 0 spiro atoms. The average Bonchev–Trinajstić information content (AvgIpc) is 2.29. The maximum Gasteiger partial charge on any atom is 0.0489 e. The highest BCUT2D eigenvalue weighted by Gasteiger charge is 2.11. The highest BCUT2D eigenvalue weighted by molar-refractivity contribution is 4.70. The van der Waals surface area contributed by atoms with Crippen molar-refractivity contribution in [3.8, 4) is 0 Å². The van der Waals surface area contributed by atoms with Crippen molar-refractivity contribution in [1.82, 2.24) is 10.6 Å². The second-order valence-corrected chi connectivity index (χ2v) is 5.22. The molecule has 1 saturated heterocycles. The molecule has 0 aromatic carbocycles.